The number of rotatable bonds is 1. The molecule has 2 amide bonds. The Morgan fingerprint density at radius 3 is 2.95 bits per heavy atom. The third-order valence-electron chi connectivity index (χ3n) is 4.45. The van der Waals surface area contributed by atoms with Crippen molar-refractivity contribution in [1.29, 1.82) is 0 Å². The Balaban J connectivity index is 1.68. The van der Waals surface area contributed by atoms with Crippen LogP contribution in [0.2, 0.25) is 0 Å². The quantitative estimate of drug-likeness (QED) is 0.836. The van der Waals surface area contributed by atoms with Gasteiger partial charge in [0.05, 0.1) is 5.69 Å². The third-order valence-corrected chi connectivity index (χ3v) is 4.45. The van der Waals surface area contributed by atoms with E-state index in [1.165, 1.54) is 0 Å². The summed E-state index contributed by atoms with van der Waals surface area (Å²) in [5, 5.41) is 5.82. The van der Waals surface area contributed by atoms with Crippen molar-refractivity contribution < 1.29 is 13.6 Å². The topological polar surface area (TPSA) is 44.4 Å². The van der Waals surface area contributed by atoms with Crippen LogP contribution in [0.25, 0.3) is 0 Å². The number of hydrogen-bond donors (Lipinski definition) is 2. The molecule has 0 aromatic heterocycles. The summed E-state index contributed by atoms with van der Waals surface area (Å²) in [4.78, 5) is 14.0. The van der Waals surface area contributed by atoms with Crippen LogP contribution in [0.3, 0.4) is 0 Å². The number of hydrogen-bond acceptors (Lipinski definition) is 2. The molecule has 1 atom stereocenters. The number of carbonyl (C=O) groups is 1. The molecule has 1 aromatic rings. The van der Waals surface area contributed by atoms with Crippen LogP contribution in [-0.2, 0) is 0 Å². The number of nitrogens with zero attached hydrogens (tertiary/aromatic N) is 1. The lowest BCUT2D eigenvalue weighted by Gasteiger charge is -2.39. The van der Waals surface area contributed by atoms with Crippen molar-refractivity contribution in [1.82, 2.24) is 10.2 Å². The Hall–Kier alpha value is -1.69. The Labute approximate surface area is 122 Å². The molecule has 2 aliphatic heterocycles. The number of carbonyl (C=O) groups excluding carboxylic acids is 1. The van der Waals surface area contributed by atoms with Crippen molar-refractivity contribution in [2.24, 2.45) is 5.41 Å². The van der Waals surface area contributed by atoms with E-state index in [0.29, 0.717) is 13.1 Å². The van der Waals surface area contributed by atoms with Crippen molar-refractivity contribution in [2.75, 3.05) is 31.5 Å². The molecule has 0 radical (unpaired) electrons. The van der Waals surface area contributed by atoms with Gasteiger partial charge in [0.25, 0.3) is 0 Å². The zero-order valence-electron chi connectivity index (χ0n) is 11.8. The van der Waals surface area contributed by atoms with Gasteiger partial charge >= 0.3 is 6.03 Å². The first-order valence-electron chi connectivity index (χ1n) is 7.30. The Kier molecular flexibility index (Phi) is 3.80. The fourth-order valence-corrected chi connectivity index (χ4v) is 3.31. The summed E-state index contributed by atoms with van der Waals surface area (Å²) >= 11 is 0. The molecule has 4 nitrogen and oxygen atoms in total. The predicted molar refractivity (Wildman–Crippen MR) is 76.1 cm³/mol. The Morgan fingerprint density at radius 1 is 1.33 bits per heavy atom. The van der Waals surface area contributed by atoms with E-state index in [-0.39, 0.29) is 17.1 Å². The van der Waals surface area contributed by atoms with Crippen molar-refractivity contribution in [3.8, 4) is 0 Å². The second-order valence-corrected chi connectivity index (χ2v) is 6.01. The zero-order valence-corrected chi connectivity index (χ0v) is 11.8. The average molecular weight is 295 g/mol. The van der Waals surface area contributed by atoms with Crippen molar-refractivity contribution in [2.45, 2.75) is 19.3 Å². The molecule has 1 unspecified atom stereocenters. The van der Waals surface area contributed by atoms with Crippen LogP contribution in [-0.4, -0.2) is 37.1 Å². The lowest BCUT2D eigenvalue weighted by atomic mass is 9.79. The van der Waals surface area contributed by atoms with Crippen LogP contribution in [0.15, 0.2) is 18.2 Å². The number of likely N-dealkylation sites (tertiary alicyclic amines) is 1. The van der Waals surface area contributed by atoms with E-state index < -0.39 is 11.6 Å². The predicted octanol–water partition coefficient (Wildman–Crippen LogP) is 2.57. The van der Waals surface area contributed by atoms with Crippen LogP contribution in [0.4, 0.5) is 19.3 Å². The standard InChI is InChI=1S/C15H19F2N3O/c16-11-2-3-12(17)13(8-11)19-14(21)20-7-1-4-15(10-20)5-6-18-9-15/h2-3,8,18H,1,4-7,9-10H2,(H,19,21). The largest absolute Gasteiger partial charge is 0.324 e. The first kappa shape index (κ1) is 14.3. The molecule has 2 fully saturated rings. The van der Waals surface area contributed by atoms with Crippen LogP contribution in [0.1, 0.15) is 19.3 Å². The van der Waals surface area contributed by atoms with E-state index >= 15 is 0 Å². The number of piperidine rings is 1. The van der Waals surface area contributed by atoms with Gasteiger partial charge in [-0.2, -0.15) is 0 Å². The number of amides is 2. The minimum absolute atomic E-state index is 0.107. The highest BCUT2D eigenvalue weighted by molar-refractivity contribution is 5.89. The molecule has 1 spiro atoms. The van der Waals surface area contributed by atoms with Gasteiger partial charge in [-0.15, -0.1) is 0 Å². The third kappa shape index (κ3) is 3.00. The van der Waals surface area contributed by atoms with E-state index in [2.05, 4.69) is 10.6 Å². The van der Waals surface area contributed by atoms with Gasteiger partial charge in [-0.25, -0.2) is 13.6 Å². The molecule has 0 bridgehead atoms. The Morgan fingerprint density at radius 2 is 2.19 bits per heavy atom. The second kappa shape index (κ2) is 5.60. The van der Waals surface area contributed by atoms with Crippen LogP contribution >= 0.6 is 0 Å². The normalized spacial score (nSPS) is 25.3. The Bertz CT molecular complexity index is 544. The maximum absolute atomic E-state index is 13.6. The number of nitrogens with one attached hydrogen (secondary N) is 2. The van der Waals surface area contributed by atoms with E-state index in [4.69, 9.17) is 0 Å². The minimum atomic E-state index is -0.626. The number of urea groups is 1. The summed E-state index contributed by atoms with van der Waals surface area (Å²) in [6, 6.07) is 2.70. The van der Waals surface area contributed by atoms with Gasteiger partial charge in [0.15, 0.2) is 0 Å². The second-order valence-electron chi connectivity index (χ2n) is 6.01. The minimum Gasteiger partial charge on any atom is -0.324 e. The smallest absolute Gasteiger partial charge is 0.321 e. The average Bonchev–Trinajstić information content (AvgIpc) is 2.91. The molecule has 0 aliphatic carbocycles. The maximum atomic E-state index is 13.6. The molecule has 0 saturated carbocycles. The van der Waals surface area contributed by atoms with Crippen molar-refractivity contribution in [3.05, 3.63) is 29.8 Å². The van der Waals surface area contributed by atoms with Gasteiger partial charge in [0.1, 0.15) is 11.6 Å². The van der Waals surface area contributed by atoms with Crippen molar-refractivity contribution in [3.63, 3.8) is 0 Å². The summed E-state index contributed by atoms with van der Waals surface area (Å²) in [6.07, 6.45) is 3.12. The lowest BCUT2D eigenvalue weighted by Crippen LogP contribution is -2.48. The molecule has 6 heteroatoms. The molecule has 3 rings (SSSR count). The molecule has 2 aliphatic rings. The van der Waals surface area contributed by atoms with Gasteiger partial charge in [-0.3, -0.25) is 0 Å². The van der Waals surface area contributed by atoms with E-state index in [0.717, 1.165) is 50.6 Å². The van der Waals surface area contributed by atoms with Gasteiger partial charge in [0, 0.05) is 31.1 Å². The maximum Gasteiger partial charge on any atom is 0.321 e. The van der Waals surface area contributed by atoms with E-state index in [1.54, 1.807) is 4.90 Å². The van der Waals surface area contributed by atoms with E-state index in [1.807, 2.05) is 0 Å². The number of halogens is 2. The molecule has 2 heterocycles. The summed E-state index contributed by atoms with van der Waals surface area (Å²) in [6.45, 7) is 3.23. The molecule has 2 saturated heterocycles. The molecule has 2 N–H and O–H groups in total. The molecule has 21 heavy (non-hydrogen) atoms. The van der Waals surface area contributed by atoms with Gasteiger partial charge < -0.3 is 15.5 Å². The summed E-state index contributed by atoms with van der Waals surface area (Å²) in [7, 11) is 0. The summed E-state index contributed by atoms with van der Waals surface area (Å²) in [5.41, 5.74) is 0.0416. The highest BCUT2D eigenvalue weighted by Gasteiger charge is 2.39. The highest BCUT2D eigenvalue weighted by Crippen LogP contribution is 2.35. The fraction of sp³-hybridized carbons (Fsp3) is 0.533. The van der Waals surface area contributed by atoms with Gasteiger partial charge in [0.2, 0.25) is 0 Å². The first-order chi connectivity index (χ1) is 10.1. The van der Waals surface area contributed by atoms with Crippen LogP contribution in [0, 0.1) is 17.0 Å². The van der Waals surface area contributed by atoms with Crippen molar-refractivity contribution >= 4 is 11.7 Å². The lowest BCUT2D eigenvalue weighted by molar-refractivity contribution is 0.125. The number of benzene rings is 1. The van der Waals surface area contributed by atoms with Gasteiger partial charge in [-0.05, 0) is 37.9 Å². The zero-order chi connectivity index (χ0) is 14.9. The monoisotopic (exact) mass is 295 g/mol. The van der Waals surface area contributed by atoms with E-state index in [9.17, 15) is 13.6 Å². The molecular weight excluding hydrogens is 276 g/mol. The van der Waals surface area contributed by atoms with Crippen LogP contribution in [0.5, 0.6) is 0 Å². The molecule has 1 aromatic carbocycles. The SMILES string of the molecule is O=C(Nc1cc(F)ccc1F)N1CCCC2(CCNC2)C1. The van der Waals surface area contributed by atoms with Crippen LogP contribution < -0.4 is 10.6 Å². The fourth-order valence-electron chi connectivity index (χ4n) is 3.31. The number of anilines is 1. The highest BCUT2D eigenvalue weighted by atomic mass is 19.1. The summed E-state index contributed by atoms with van der Waals surface area (Å²) < 4.78 is 26.7. The van der Waals surface area contributed by atoms with Gasteiger partial charge in [-0.1, -0.05) is 0 Å². The molecule has 114 valence electrons. The summed E-state index contributed by atoms with van der Waals surface area (Å²) in [5.74, 6) is -1.19. The first-order valence-corrected chi connectivity index (χ1v) is 7.30. The molecular formula is C15H19F2N3O.